The van der Waals surface area contributed by atoms with Gasteiger partial charge < -0.3 is 10.6 Å². The van der Waals surface area contributed by atoms with Crippen LogP contribution in [0.1, 0.15) is 19.8 Å². The standard InChI is InChI=1S/C11H24F3N3/c1-5-9(15)10(11(12,13)14)17(4)8-6-7-16(2)3/h9-10H,5-8,15H2,1-4H3. The van der Waals surface area contributed by atoms with Crippen molar-refractivity contribution in [2.75, 3.05) is 34.2 Å². The molecule has 2 atom stereocenters. The smallest absolute Gasteiger partial charge is 0.326 e. The first kappa shape index (κ1) is 16.7. The van der Waals surface area contributed by atoms with Crippen molar-refractivity contribution in [2.24, 2.45) is 5.73 Å². The van der Waals surface area contributed by atoms with Crippen LogP contribution < -0.4 is 5.73 Å². The van der Waals surface area contributed by atoms with Crippen molar-refractivity contribution >= 4 is 0 Å². The molecular formula is C11H24F3N3. The second-order valence-corrected chi connectivity index (χ2v) is 4.70. The normalized spacial score (nSPS) is 16.6. The molecule has 0 radical (unpaired) electrons. The van der Waals surface area contributed by atoms with Crippen LogP contribution in [0.4, 0.5) is 13.2 Å². The van der Waals surface area contributed by atoms with E-state index in [9.17, 15) is 13.2 Å². The number of rotatable bonds is 7. The van der Waals surface area contributed by atoms with Gasteiger partial charge in [0.2, 0.25) is 0 Å². The Morgan fingerprint density at radius 3 is 2.00 bits per heavy atom. The van der Waals surface area contributed by atoms with Gasteiger partial charge in [-0.2, -0.15) is 13.2 Å². The van der Waals surface area contributed by atoms with Crippen LogP contribution in [0.5, 0.6) is 0 Å². The molecule has 2 unspecified atom stereocenters. The molecule has 0 aromatic carbocycles. The minimum atomic E-state index is -4.26. The van der Waals surface area contributed by atoms with Crippen LogP contribution >= 0.6 is 0 Å². The van der Waals surface area contributed by atoms with E-state index in [-0.39, 0.29) is 0 Å². The Balaban J connectivity index is 4.39. The molecule has 3 nitrogen and oxygen atoms in total. The van der Waals surface area contributed by atoms with Crippen LogP contribution in [0.15, 0.2) is 0 Å². The predicted octanol–water partition coefficient (Wildman–Crippen LogP) is 1.54. The molecule has 2 N–H and O–H groups in total. The van der Waals surface area contributed by atoms with Gasteiger partial charge in [0.25, 0.3) is 0 Å². The van der Waals surface area contributed by atoms with Crippen molar-refractivity contribution in [3.8, 4) is 0 Å². The van der Waals surface area contributed by atoms with Gasteiger partial charge in [0.1, 0.15) is 6.04 Å². The maximum absolute atomic E-state index is 12.9. The van der Waals surface area contributed by atoms with E-state index in [4.69, 9.17) is 5.73 Å². The van der Waals surface area contributed by atoms with E-state index in [0.29, 0.717) is 19.4 Å². The van der Waals surface area contributed by atoms with Crippen molar-refractivity contribution < 1.29 is 13.2 Å². The highest BCUT2D eigenvalue weighted by Gasteiger charge is 2.45. The summed E-state index contributed by atoms with van der Waals surface area (Å²) in [6.45, 7) is 2.85. The van der Waals surface area contributed by atoms with Crippen LogP contribution in [0, 0.1) is 0 Å². The molecule has 0 aromatic heterocycles. The number of nitrogens with zero attached hydrogens (tertiary/aromatic N) is 2. The fraction of sp³-hybridized carbons (Fsp3) is 1.00. The number of likely N-dealkylation sites (N-methyl/N-ethyl adjacent to an activating group) is 1. The van der Waals surface area contributed by atoms with Crippen molar-refractivity contribution in [1.29, 1.82) is 0 Å². The van der Waals surface area contributed by atoms with Crippen LogP contribution in [0.3, 0.4) is 0 Å². The Labute approximate surface area is 102 Å². The molecule has 0 saturated heterocycles. The summed E-state index contributed by atoms with van der Waals surface area (Å²) in [6, 6.07) is -2.41. The molecule has 0 heterocycles. The largest absolute Gasteiger partial charge is 0.405 e. The Bertz CT molecular complexity index is 207. The molecule has 0 aromatic rings. The van der Waals surface area contributed by atoms with Gasteiger partial charge in [0.15, 0.2) is 0 Å². The highest BCUT2D eigenvalue weighted by atomic mass is 19.4. The lowest BCUT2D eigenvalue weighted by Crippen LogP contribution is -2.54. The van der Waals surface area contributed by atoms with Crippen LogP contribution in [0.2, 0.25) is 0 Å². The quantitative estimate of drug-likeness (QED) is 0.749. The molecule has 104 valence electrons. The fourth-order valence-electron chi connectivity index (χ4n) is 1.82. The highest BCUT2D eigenvalue weighted by molar-refractivity contribution is 4.86. The first-order valence-electron chi connectivity index (χ1n) is 5.87. The Morgan fingerprint density at radius 1 is 1.12 bits per heavy atom. The van der Waals surface area contributed by atoms with Gasteiger partial charge in [-0.3, -0.25) is 4.90 Å². The van der Waals surface area contributed by atoms with E-state index < -0.39 is 18.3 Å². The summed E-state index contributed by atoms with van der Waals surface area (Å²) < 4.78 is 38.6. The molecule has 0 rings (SSSR count). The zero-order chi connectivity index (χ0) is 13.6. The van der Waals surface area contributed by atoms with Gasteiger partial charge in [-0.25, -0.2) is 0 Å². The van der Waals surface area contributed by atoms with Crippen LogP contribution in [-0.2, 0) is 0 Å². The lowest BCUT2D eigenvalue weighted by Gasteiger charge is -2.34. The maximum atomic E-state index is 12.9. The number of alkyl halides is 3. The van der Waals surface area contributed by atoms with Crippen molar-refractivity contribution in [1.82, 2.24) is 9.80 Å². The summed E-state index contributed by atoms with van der Waals surface area (Å²) in [4.78, 5) is 3.27. The second kappa shape index (κ2) is 7.18. The lowest BCUT2D eigenvalue weighted by molar-refractivity contribution is -0.186. The lowest BCUT2D eigenvalue weighted by atomic mass is 10.0. The minimum Gasteiger partial charge on any atom is -0.326 e. The first-order valence-corrected chi connectivity index (χ1v) is 5.87. The molecule has 0 bridgehead atoms. The Kier molecular flexibility index (Phi) is 7.04. The summed E-state index contributed by atoms with van der Waals surface area (Å²) in [6.07, 6.45) is -3.24. The average molecular weight is 255 g/mol. The van der Waals surface area contributed by atoms with Gasteiger partial charge in [0, 0.05) is 6.04 Å². The minimum absolute atomic E-state index is 0.322. The molecule has 0 aliphatic carbocycles. The molecule has 0 saturated carbocycles. The summed E-state index contributed by atoms with van der Waals surface area (Å²) >= 11 is 0. The monoisotopic (exact) mass is 255 g/mol. The number of nitrogens with two attached hydrogens (primary N) is 1. The van der Waals surface area contributed by atoms with Crippen LogP contribution in [0.25, 0.3) is 0 Å². The van der Waals surface area contributed by atoms with E-state index >= 15 is 0 Å². The molecule has 0 aliphatic rings. The van der Waals surface area contributed by atoms with Gasteiger partial charge in [-0.1, -0.05) is 6.92 Å². The van der Waals surface area contributed by atoms with E-state index in [2.05, 4.69) is 0 Å². The van der Waals surface area contributed by atoms with Crippen molar-refractivity contribution in [2.45, 2.75) is 38.0 Å². The summed E-state index contributed by atoms with van der Waals surface area (Å²) in [5.41, 5.74) is 5.56. The van der Waals surface area contributed by atoms with E-state index in [1.807, 2.05) is 19.0 Å². The zero-order valence-corrected chi connectivity index (χ0v) is 11.1. The molecule has 6 heteroatoms. The molecule has 0 amide bonds. The van der Waals surface area contributed by atoms with Gasteiger partial charge in [-0.05, 0) is 47.1 Å². The molecule has 17 heavy (non-hydrogen) atoms. The van der Waals surface area contributed by atoms with E-state index in [1.165, 1.54) is 11.9 Å². The van der Waals surface area contributed by atoms with Gasteiger partial charge in [0.05, 0.1) is 0 Å². The molecule has 0 aliphatic heterocycles. The fourth-order valence-corrected chi connectivity index (χ4v) is 1.82. The molecule has 0 fully saturated rings. The summed E-state index contributed by atoms with van der Waals surface area (Å²) in [7, 11) is 5.29. The summed E-state index contributed by atoms with van der Waals surface area (Å²) in [5, 5.41) is 0. The third-order valence-corrected chi connectivity index (χ3v) is 2.80. The van der Waals surface area contributed by atoms with Crippen molar-refractivity contribution in [3.63, 3.8) is 0 Å². The maximum Gasteiger partial charge on any atom is 0.405 e. The van der Waals surface area contributed by atoms with Crippen LogP contribution in [-0.4, -0.2) is 62.3 Å². The van der Waals surface area contributed by atoms with Gasteiger partial charge >= 0.3 is 6.18 Å². The highest BCUT2D eigenvalue weighted by Crippen LogP contribution is 2.27. The van der Waals surface area contributed by atoms with E-state index in [1.54, 1.807) is 6.92 Å². The average Bonchev–Trinajstić information content (AvgIpc) is 2.14. The third-order valence-electron chi connectivity index (χ3n) is 2.80. The first-order chi connectivity index (χ1) is 7.70. The molecule has 0 spiro atoms. The third kappa shape index (κ3) is 6.24. The Hall–Kier alpha value is -0.330. The number of halogens is 3. The van der Waals surface area contributed by atoms with E-state index in [0.717, 1.165) is 6.54 Å². The Morgan fingerprint density at radius 2 is 1.65 bits per heavy atom. The SMILES string of the molecule is CCC(N)C(N(C)CCCN(C)C)C(F)(F)F. The number of hydrogen-bond acceptors (Lipinski definition) is 3. The molecular weight excluding hydrogens is 231 g/mol. The van der Waals surface area contributed by atoms with Crippen molar-refractivity contribution in [3.05, 3.63) is 0 Å². The summed E-state index contributed by atoms with van der Waals surface area (Å²) in [5.74, 6) is 0. The van der Waals surface area contributed by atoms with Gasteiger partial charge in [-0.15, -0.1) is 0 Å². The number of hydrogen-bond donors (Lipinski definition) is 1. The topological polar surface area (TPSA) is 32.5 Å². The second-order valence-electron chi connectivity index (χ2n) is 4.70. The predicted molar refractivity (Wildman–Crippen MR) is 63.9 cm³/mol. The zero-order valence-electron chi connectivity index (χ0n) is 11.1.